The fraction of sp³-hybridized carbons (Fsp3) is 0.368. The van der Waals surface area contributed by atoms with E-state index in [1.54, 1.807) is 12.1 Å². The molecule has 0 amide bonds. The molecule has 12 heteroatoms. The number of carboxylic acid groups (broad SMARTS) is 1. The minimum Gasteiger partial charge on any atom is -0.481 e. The molecule has 3 aromatic rings. The maximum Gasteiger partial charge on any atom is 0.311 e. The molecule has 0 bridgehead atoms. The van der Waals surface area contributed by atoms with Crippen LogP contribution in [0.5, 0.6) is 0 Å². The molecule has 1 fully saturated rings. The van der Waals surface area contributed by atoms with Gasteiger partial charge in [0.1, 0.15) is 5.52 Å². The van der Waals surface area contributed by atoms with Gasteiger partial charge in [0.05, 0.1) is 28.2 Å². The van der Waals surface area contributed by atoms with E-state index in [2.05, 4.69) is 25.7 Å². The second-order valence-electron chi connectivity index (χ2n) is 7.39. The highest BCUT2D eigenvalue weighted by Gasteiger charge is 2.40. The fourth-order valence-electron chi connectivity index (χ4n) is 3.68. The molecule has 166 valence electrons. The lowest BCUT2D eigenvalue weighted by Crippen LogP contribution is -2.45. The lowest BCUT2D eigenvalue weighted by molar-refractivity contribution is -0.151. The largest absolute Gasteiger partial charge is 0.481 e. The predicted molar refractivity (Wildman–Crippen MR) is 121 cm³/mol. The number of aromatic nitrogens is 4. The summed E-state index contributed by atoms with van der Waals surface area (Å²) in [4.78, 5) is 31.8. The average Bonchev–Trinajstić information content (AvgIpc) is 3.12. The molecule has 0 saturated carbocycles. The summed E-state index contributed by atoms with van der Waals surface area (Å²) in [5.74, 6) is -0.593. The first kappa shape index (κ1) is 23.3. The Morgan fingerprint density at radius 1 is 1.26 bits per heavy atom. The molecule has 4 N–H and O–H groups in total. The Bertz CT molecular complexity index is 1160. The number of rotatable bonds is 6. The van der Waals surface area contributed by atoms with E-state index in [1.165, 1.54) is 10.9 Å². The van der Waals surface area contributed by atoms with Gasteiger partial charge in [-0.25, -0.2) is 4.98 Å². The number of aromatic amines is 1. The van der Waals surface area contributed by atoms with Crippen molar-refractivity contribution >= 4 is 58.6 Å². The fourth-order valence-corrected chi connectivity index (χ4v) is 4.00. The van der Waals surface area contributed by atoms with Gasteiger partial charge in [-0.15, -0.1) is 12.4 Å². The van der Waals surface area contributed by atoms with E-state index >= 15 is 0 Å². The van der Waals surface area contributed by atoms with Crippen LogP contribution in [0.25, 0.3) is 11.0 Å². The van der Waals surface area contributed by atoms with Crippen LogP contribution in [0.15, 0.2) is 29.2 Å². The van der Waals surface area contributed by atoms with Gasteiger partial charge in [-0.05, 0) is 43.6 Å². The van der Waals surface area contributed by atoms with Gasteiger partial charge in [-0.1, -0.05) is 29.3 Å². The first-order valence-corrected chi connectivity index (χ1v) is 10.2. The number of anilines is 1. The van der Waals surface area contributed by atoms with Gasteiger partial charge >= 0.3 is 5.97 Å². The van der Waals surface area contributed by atoms with Gasteiger partial charge in [0.15, 0.2) is 5.52 Å². The molecular formula is C19H21Cl3N6O3. The Kier molecular flexibility index (Phi) is 7.10. The third kappa shape index (κ3) is 4.79. The Morgan fingerprint density at radius 2 is 2.00 bits per heavy atom. The summed E-state index contributed by atoms with van der Waals surface area (Å²) < 4.78 is 1.45. The molecule has 0 aliphatic carbocycles. The molecule has 0 radical (unpaired) electrons. The maximum atomic E-state index is 12.7. The van der Waals surface area contributed by atoms with Crippen LogP contribution in [-0.2, 0) is 17.9 Å². The Labute approximate surface area is 193 Å². The van der Waals surface area contributed by atoms with Crippen molar-refractivity contribution in [1.29, 1.82) is 0 Å². The lowest BCUT2D eigenvalue weighted by atomic mass is 9.79. The minimum absolute atomic E-state index is 0. The SMILES string of the molecule is Cl.O=C(O)C1(Cn2ncc3nc(NCc4ccc(Cl)c(Cl)c4)[nH]c(=O)c32)CCNCC1. The summed E-state index contributed by atoms with van der Waals surface area (Å²) in [6, 6.07) is 5.25. The molecule has 4 rings (SSSR count). The molecule has 0 atom stereocenters. The van der Waals surface area contributed by atoms with Crippen molar-refractivity contribution in [2.24, 2.45) is 5.41 Å². The van der Waals surface area contributed by atoms with E-state index < -0.39 is 11.4 Å². The van der Waals surface area contributed by atoms with Gasteiger partial charge in [-0.2, -0.15) is 5.10 Å². The van der Waals surface area contributed by atoms with Crippen LogP contribution in [0.4, 0.5) is 5.95 Å². The molecular weight excluding hydrogens is 467 g/mol. The van der Waals surface area contributed by atoms with Crippen LogP contribution in [0, 0.1) is 5.41 Å². The standard InChI is InChI=1S/C19H20Cl2N6O3.ClH/c20-12-2-1-11(7-13(12)21)8-23-18-25-14-9-24-27(15(14)16(28)26-18)10-19(17(29)30)3-5-22-6-4-19;/h1-2,7,9,22H,3-6,8,10H2,(H,29,30)(H2,23,25,26,28);1H. The second-order valence-corrected chi connectivity index (χ2v) is 8.20. The number of hydrogen-bond donors (Lipinski definition) is 4. The number of carbonyl (C=O) groups is 1. The number of aliphatic carboxylic acids is 1. The predicted octanol–water partition coefficient (Wildman–Crippen LogP) is 2.91. The molecule has 1 saturated heterocycles. The lowest BCUT2D eigenvalue weighted by Gasteiger charge is -2.33. The van der Waals surface area contributed by atoms with Crippen molar-refractivity contribution in [2.75, 3.05) is 18.4 Å². The third-order valence-electron chi connectivity index (χ3n) is 5.41. The second kappa shape index (κ2) is 9.44. The highest BCUT2D eigenvalue weighted by atomic mass is 35.5. The molecule has 1 aromatic carbocycles. The van der Waals surface area contributed by atoms with Gasteiger partial charge < -0.3 is 15.7 Å². The monoisotopic (exact) mass is 486 g/mol. The smallest absolute Gasteiger partial charge is 0.311 e. The molecule has 0 unspecified atom stereocenters. The summed E-state index contributed by atoms with van der Waals surface area (Å²) in [6.45, 7) is 1.73. The number of H-pyrrole nitrogens is 1. The summed E-state index contributed by atoms with van der Waals surface area (Å²) >= 11 is 11.9. The van der Waals surface area contributed by atoms with Crippen LogP contribution >= 0.6 is 35.6 Å². The number of carboxylic acids is 1. The minimum atomic E-state index is -0.957. The normalized spacial score (nSPS) is 15.4. The van der Waals surface area contributed by atoms with Crippen molar-refractivity contribution in [3.05, 3.63) is 50.4 Å². The Hall–Kier alpha value is -2.33. The quantitative estimate of drug-likeness (QED) is 0.421. The number of piperidine rings is 1. The zero-order chi connectivity index (χ0) is 21.3. The van der Waals surface area contributed by atoms with Crippen molar-refractivity contribution < 1.29 is 9.90 Å². The summed E-state index contributed by atoms with van der Waals surface area (Å²) in [5.41, 5.74) is 0.182. The highest BCUT2D eigenvalue weighted by molar-refractivity contribution is 6.42. The van der Waals surface area contributed by atoms with Gasteiger partial charge in [0.25, 0.3) is 5.56 Å². The van der Waals surface area contributed by atoms with Gasteiger partial charge in [0, 0.05) is 6.54 Å². The third-order valence-corrected chi connectivity index (χ3v) is 6.15. The number of benzene rings is 1. The maximum absolute atomic E-state index is 12.7. The number of hydrogen-bond acceptors (Lipinski definition) is 6. The van der Waals surface area contributed by atoms with Crippen LogP contribution < -0.4 is 16.2 Å². The highest BCUT2D eigenvalue weighted by Crippen LogP contribution is 2.32. The molecule has 9 nitrogen and oxygen atoms in total. The summed E-state index contributed by atoms with van der Waals surface area (Å²) in [7, 11) is 0. The Balaban J connectivity index is 0.00000272. The van der Waals surface area contributed by atoms with Crippen molar-refractivity contribution in [3.8, 4) is 0 Å². The Morgan fingerprint density at radius 3 is 2.68 bits per heavy atom. The van der Waals surface area contributed by atoms with E-state index in [1.807, 2.05) is 6.07 Å². The summed E-state index contributed by atoms with van der Waals surface area (Å²) in [5, 5.41) is 21.2. The van der Waals surface area contributed by atoms with Gasteiger partial charge in [0.2, 0.25) is 5.95 Å². The van der Waals surface area contributed by atoms with Crippen LogP contribution in [-0.4, -0.2) is 43.9 Å². The van der Waals surface area contributed by atoms with E-state index in [0.29, 0.717) is 48.0 Å². The molecule has 1 aliphatic rings. The topological polar surface area (TPSA) is 125 Å². The molecule has 3 heterocycles. The molecule has 1 aliphatic heterocycles. The molecule has 0 spiro atoms. The number of fused-ring (bicyclic) bond motifs is 1. The molecule has 31 heavy (non-hydrogen) atoms. The summed E-state index contributed by atoms with van der Waals surface area (Å²) in [6.07, 6.45) is 2.42. The first-order valence-electron chi connectivity index (χ1n) is 9.46. The van der Waals surface area contributed by atoms with Crippen LogP contribution in [0.3, 0.4) is 0 Å². The van der Waals surface area contributed by atoms with E-state index in [4.69, 9.17) is 23.2 Å². The van der Waals surface area contributed by atoms with Crippen LogP contribution in [0.2, 0.25) is 10.0 Å². The van der Waals surface area contributed by atoms with Gasteiger partial charge in [-0.3, -0.25) is 19.3 Å². The first-order chi connectivity index (χ1) is 14.4. The number of nitrogens with one attached hydrogen (secondary N) is 3. The number of halogens is 3. The van der Waals surface area contributed by atoms with Crippen molar-refractivity contribution in [3.63, 3.8) is 0 Å². The molecule has 2 aromatic heterocycles. The van der Waals surface area contributed by atoms with Crippen molar-refractivity contribution in [1.82, 2.24) is 25.1 Å². The van der Waals surface area contributed by atoms with E-state index in [0.717, 1.165) is 5.56 Å². The van der Waals surface area contributed by atoms with Crippen molar-refractivity contribution in [2.45, 2.75) is 25.9 Å². The van der Waals surface area contributed by atoms with E-state index in [-0.39, 0.29) is 36.0 Å². The zero-order valence-electron chi connectivity index (χ0n) is 16.3. The number of nitrogens with zero attached hydrogens (tertiary/aromatic N) is 3. The average molecular weight is 488 g/mol. The van der Waals surface area contributed by atoms with Crippen LogP contribution in [0.1, 0.15) is 18.4 Å². The zero-order valence-corrected chi connectivity index (χ0v) is 18.6. The van der Waals surface area contributed by atoms with E-state index in [9.17, 15) is 14.7 Å².